The van der Waals surface area contributed by atoms with Gasteiger partial charge in [0.15, 0.2) is 0 Å². The second-order valence-corrected chi connectivity index (χ2v) is 7.59. The Balaban J connectivity index is 1.95. The van der Waals surface area contributed by atoms with Gasteiger partial charge in [0.25, 0.3) is 0 Å². The monoisotopic (exact) mass is 324 g/mol. The Morgan fingerprint density at radius 3 is 2.96 bits per heavy atom. The van der Waals surface area contributed by atoms with Gasteiger partial charge in [-0.15, -0.1) is 5.73 Å². The van der Waals surface area contributed by atoms with Crippen molar-refractivity contribution < 1.29 is 0 Å². The second kappa shape index (κ2) is 10.6. The average molecular weight is 325 g/mol. The maximum absolute atomic E-state index is 4.25. The highest BCUT2D eigenvalue weighted by Gasteiger charge is 2.35. The largest absolute Gasteiger partial charge is 0.130 e. The molecule has 2 aliphatic rings. The fraction of sp³-hybridized carbons (Fsp3) is 0.625. The molecule has 3 atom stereocenters. The van der Waals surface area contributed by atoms with Crippen molar-refractivity contribution in [1.82, 2.24) is 0 Å². The van der Waals surface area contributed by atoms with Crippen molar-refractivity contribution in [3.8, 4) is 0 Å². The molecule has 0 heterocycles. The van der Waals surface area contributed by atoms with Gasteiger partial charge in [0, 0.05) is 0 Å². The molecule has 0 aliphatic heterocycles. The first-order chi connectivity index (χ1) is 11.8. The molecule has 0 radical (unpaired) electrons. The van der Waals surface area contributed by atoms with E-state index in [4.69, 9.17) is 0 Å². The van der Waals surface area contributed by atoms with E-state index in [2.05, 4.69) is 50.5 Å². The van der Waals surface area contributed by atoms with Crippen LogP contribution in [0.1, 0.15) is 78.1 Å². The molecule has 0 spiro atoms. The summed E-state index contributed by atoms with van der Waals surface area (Å²) in [5.41, 5.74) is 6.18. The molecule has 0 saturated heterocycles. The SMILES string of the molecule is C=C(/C=C\C1=CCCC2C(CC=C=CC)CCCC12)CCCCC. The third kappa shape index (κ3) is 5.67. The second-order valence-electron chi connectivity index (χ2n) is 7.59. The molecule has 0 aromatic heterocycles. The molecule has 3 unspecified atom stereocenters. The number of rotatable bonds is 8. The third-order valence-corrected chi connectivity index (χ3v) is 5.84. The molecule has 0 amide bonds. The molecule has 2 aliphatic carbocycles. The van der Waals surface area contributed by atoms with Crippen LogP contribution in [0.3, 0.4) is 0 Å². The zero-order valence-corrected chi connectivity index (χ0v) is 15.9. The van der Waals surface area contributed by atoms with E-state index < -0.39 is 0 Å². The topological polar surface area (TPSA) is 0 Å². The van der Waals surface area contributed by atoms with E-state index in [-0.39, 0.29) is 0 Å². The Hall–Kier alpha value is -1.26. The average Bonchev–Trinajstić information content (AvgIpc) is 2.60. The van der Waals surface area contributed by atoms with Crippen molar-refractivity contribution in [2.24, 2.45) is 17.8 Å². The highest BCUT2D eigenvalue weighted by Crippen LogP contribution is 2.46. The van der Waals surface area contributed by atoms with Gasteiger partial charge in [0.05, 0.1) is 0 Å². The lowest BCUT2D eigenvalue weighted by Crippen LogP contribution is -2.31. The van der Waals surface area contributed by atoms with Gasteiger partial charge in [-0.3, -0.25) is 0 Å². The van der Waals surface area contributed by atoms with Crippen LogP contribution in [0.4, 0.5) is 0 Å². The Bertz CT molecular complexity index is 510. The van der Waals surface area contributed by atoms with Crippen LogP contribution in [-0.4, -0.2) is 0 Å². The molecule has 24 heavy (non-hydrogen) atoms. The van der Waals surface area contributed by atoms with E-state index in [1.165, 1.54) is 63.4 Å². The zero-order valence-electron chi connectivity index (χ0n) is 15.9. The maximum Gasteiger partial charge on any atom is -0.0134 e. The summed E-state index contributed by atoms with van der Waals surface area (Å²) in [5.74, 6) is 2.53. The fourth-order valence-electron chi connectivity index (χ4n) is 4.52. The van der Waals surface area contributed by atoms with Crippen LogP contribution in [-0.2, 0) is 0 Å². The van der Waals surface area contributed by atoms with E-state index in [0.717, 1.165) is 24.2 Å². The van der Waals surface area contributed by atoms with Gasteiger partial charge in [0.1, 0.15) is 0 Å². The Kier molecular flexibility index (Phi) is 8.40. The number of hydrogen-bond donors (Lipinski definition) is 0. The number of unbranched alkanes of at least 4 members (excludes halogenated alkanes) is 2. The molecule has 0 aromatic rings. The van der Waals surface area contributed by atoms with Crippen molar-refractivity contribution in [2.45, 2.75) is 78.1 Å². The summed E-state index contributed by atoms with van der Waals surface area (Å²) < 4.78 is 0. The molecule has 0 nitrogen and oxygen atoms in total. The van der Waals surface area contributed by atoms with Crippen LogP contribution in [0.25, 0.3) is 0 Å². The van der Waals surface area contributed by atoms with Crippen molar-refractivity contribution in [3.63, 3.8) is 0 Å². The van der Waals surface area contributed by atoms with Crippen molar-refractivity contribution in [2.75, 3.05) is 0 Å². The van der Waals surface area contributed by atoms with Gasteiger partial charge in [-0.05, 0) is 87.3 Å². The molecule has 1 saturated carbocycles. The lowest BCUT2D eigenvalue weighted by Gasteiger charge is -2.41. The lowest BCUT2D eigenvalue weighted by molar-refractivity contribution is 0.162. The normalized spacial score (nSPS) is 26.4. The smallest absolute Gasteiger partial charge is 0.0134 e. The van der Waals surface area contributed by atoms with Crippen LogP contribution in [0.2, 0.25) is 0 Å². The summed E-state index contributed by atoms with van der Waals surface area (Å²) in [6.07, 6.45) is 24.6. The van der Waals surface area contributed by atoms with E-state index >= 15 is 0 Å². The summed E-state index contributed by atoms with van der Waals surface area (Å²) in [5, 5.41) is 0. The minimum absolute atomic E-state index is 0.788. The van der Waals surface area contributed by atoms with Crippen molar-refractivity contribution >= 4 is 0 Å². The zero-order chi connectivity index (χ0) is 17.2. The first-order valence-corrected chi connectivity index (χ1v) is 10.2. The van der Waals surface area contributed by atoms with E-state index in [1.54, 1.807) is 5.57 Å². The van der Waals surface area contributed by atoms with E-state index in [9.17, 15) is 0 Å². The van der Waals surface area contributed by atoms with Crippen LogP contribution in [0, 0.1) is 17.8 Å². The van der Waals surface area contributed by atoms with Gasteiger partial charge in [-0.25, -0.2) is 0 Å². The Morgan fingerprint density at radius 2 is 2.17 bits per heavy atom. The molecular formula is C24H36. The highest BCUT2D eigenvalue weighted by molar-refractivity contribution is 5.30. The standard InChI is InChI=1S/C24H36/c1-4-6-8-12-20(3)18-19-22-15-11-16-23-21(13-9-7-5-2)14-10-17-24(22)23/h5,9,15,18-19,21,23-24H,3-4,6,8,10-14,16-17H2,1-2H3/b19-18-. The van der Waals surface area contributed by atoms with Gasteiger partial charge in [0.2, 0.25) is 0 Å². The summed E-state index contributed by atoms with van der Waals surface area (Å²) in [4.78, 5) is 0. The summed E-state index contributed by atoms with van der Waals surface area (Å²) in [7, 11) is 0. The molecule has 2 rings (SSSR count). The fourth-order valence-corrected chi connectivity index (χ4v) is 4.52. The van der Waals surface area contributed by atoms with Crippen LogP contribution >= 0.6 is 0 Å². The minimum atomic E-state index is 0.788. The predicted molar refractivity (Wildman–Crippen MR) is 107 cm³/mol. The number of fused-ring (bicyclic) bond motifs is 1. The minimum Gasteiger partial charge on any atom is -0.130 e. The molecule has 0 N–H and O–H groups in total. The molecule has 132 valence electrons. The van der Waals surface area contributed by atoms with Crippen LogP contribution in [0.5, 0.6) is 0 Å². The molecule has 0 bridgehead atoms. The Labute approximate surface area is 150 Å². The molecule has 0 aromatic carbocycles. The highest BCUT2D eigenvalue weighted by atomic mass is 14.4. The first-order valence-electron chi connectivity index (χ1n) is 10.2. The maximum atomic E-state index is 4.25. The predicted octanol–water partition coefficient (Wildman–Crippen LogP) is 7.55. The lowest BCUT2D eigenvalue weighted by atomic mass is 9.64. The summed E-state index contributed by atoms with van der Waals surface area (Å²) >= 11 is 0. The molecular weight excluding hydrogens is 288 g/mol. The van der Waals surface area contributed by atoms with Crippen LogP contribution in [0.15, 0.2) is 53.8 Å². The number of allylic oxidation sites excluding steroid dienone is 6. The van der Waals surface area contributed by atoms with Gasteiger partial charge in [-0.1, -0.05) is 56.6 Å². The van der Waals surface area contributed by atoms with Gasteiger partial charge in [-0.2, -0.15) is 0 Å². The first kappa shape index (κ1) is 19.1. The van der Waals surface area contributed by atoms with Crippen molar-refractivity contribution in [3.05, 3.63) is 53.8 Å². The summed E-state index contributed by atoms with van der Waals surface area (Å²) in [6, 6.07) is 0. The van der Waals surface area contributed by atoms with Gasteiger partial charge < -0.3 is 0 Å². The Morgan fingerprint density at radius 1 is 1.29 bits per heavy atom. The van der Waals surface area contributed by atoms with Crippen LogP contribution < -0.4 is 0 Å². The summed E-state index contributed by atoms with van der Waals surface area (Å²) in [6.45, 7) is 8.56. The van der Waals surface area contributed by atoms with Crippen molar-refractivity contribution in [1.29, 1.82) is 0 Å². The molecule has 0 heteroatoms. The van der Waals surface area contributed by atoms with E-state index in [1.807, 2.05) is 6.08 Å². The number of hydrogen-bond acceptors (Lipinski definition) is 0. The third-order valence-electron chi connectivity index (χ3n) is 5.84. The molecule has 1 fully saturated rings. The van der Waals surface area contributed by atoms with Gasteiger partial charge >= 0.3 is 0 Å². The quantitative estimate of drug-likeness (QED) is 0.245. The van der Waals surface area contributed by atoms with E-state index in [0.29, 0.717) is 0 Å².